The van der Waals surface area contributed by atoms with Gasteiger partial charge in [-0.05, 0) is 75.3 Å². The number of benzene rings is 9. The average molecular weight is 716 g/mol. The zero-order valence-electron chi connectivity index (χ0n) is 30.7. The fourth-order valence-electron chi connectivity index (χ4n) is 8.08. The summed E-state index contributed by atoms with van der Waals surface area (Å²) in [6.07, 6.45) is 0. The molecule has 1 aromatic heterocycles. The SMILES string of the molecule is c1ccc(-c2ccc(N(c3cccc(-c4ccccc4)c3-c3ccc4oc5ccccc5c4c3)c3c(-c4ccccc4)cccc3-c3ccccc3)cc2)cc1. The van der Waals surface area contributed by atoms with Crippen LogP contribution in [0.2, 0.25) is 0 Å². The predicted octanol–water partition coefficient (Wildman–Crippen LogP) is 15.4. The number of nitrogens with zero attached hydrogens (tertiary/aromatic N) is 1. The Morgan fingerprint density at radius 3 is 1.39 bits per heavy atom. The molecule has 0 bridgehead atoms. The van der Waals surface area contributed by atoms with Gasteiger partial charge in [-0.3, -0.25) is 0 Å². The highest BCUT2D eigenvalue weighted by molar-refractivity contribution is 6.09. The Morgan fingerprint density at radius 1 is 0.304 bits per heavy atom. The van der Waals surface area contributed by atoms with Gasteiger partial charge in [-0.2, -0.15) is 0 Å². The van der Waals surface area contributed by atoms with Gasteiger partial charge in [0.1, 0.15) is 11.2 Å². The van der Waals surface area contributed by atoms with Crippen molar-refractivity contribution in [2.75, 3.05) is 4.90 Å². The largest absolute Gasteiger partial charge is 0.456 e. The molecule has 0 aliphatic rings. The van der Waals surface area contributed by atoms with Crippen LogP contribution in [0.25, 0.3) is 77.6 Å². The van der Waals surface area contributed by atoms with Crippen molar-refractivity contribution in [1.82, 2.24) is 0 Å². The van der Waals surface area contributed by atoms with Gasteiger partial charge >= 0.3 is 0 Å². The maximum Gasteiger partial charge on any atom is 0.135 e. The van der Waals surface area contributed by atoms with Crippen LogP contribution in [0.1, 0.15) is 0 Å². The molecule has 264 valence electrons. The van der Waals surface area contributed by atoms with Crippen molar-refractivity contribution >= 4 is 39.0 Å². The van der Waals surface area contributed by atoms with E-state index in [4.69, 9.17) is 4.42 Å². The lowest BCUT2D eigenvalue weighted by molar-refractivity contribution is 0.669. The highest BCUT2D eigenvalue weighted by Crippen LogP contribution is 2.51. The summed E-state index contributed by atoms with van der Waals surface area (Å²) in [5.41, 5.74) is 16.5. The van der Waals surface area contributed by atoms with Gasteiger partial charge in [0.2, 0.25) is 0 Å². The highest BCUT2D eigenvalue weighted by atomic mass is 16.3. The molecule has 0 unspecified atom stereocenters. The summed E-state index contributed by atoms with van der Waals surface area (Å²) >= 11 is 0. The van der Waals surface area contributed by atoms with Crippen LogP contribution in [0, 0.1) is 0 Å². The third kappa shape index (κ3) is 6.04. The van der Waals surface area contributed by atoms with Crippen molar-refractivity contribution in [2.45, 2.75) is 0 Å². The third-order valence-electron chi connectivity index (χ3n) is 10.7. The van der Waals surface area contributed by atoms with Crippen LogP contribution in [0.15, 0.2) is 229 Å². The van der Waals surface area contributed by atoms with E-state index < -0.39 is 0 Å². The van der Waals surface area contributed by atoms with E-state index in [2.05, 4.69) is 217 Å². The second-order valence-corrected chi connectivity index (χ2v) is 14.1. The normalized spacial score (nSPS) is 11.2. The van der Waals surface area contributed by atoms with Crippen LogP contribution in [-0.2, 0) is 0 Å². The molecule has 0 fully saturated rings. The summed E-state index contributed by atoms with van der Waals surface area (Å²) in [6.45, 7) is 0. The first kappa shape index (κ1) is 33.2. The van der Waals surface area contributed by atoms with Gasteiger partial charge in [0.25, 0.3) is 0 Å². The Labute approximate surface area is 327 Å². The fraction of sp³-hybridized carbons (Fsp3) is 0. The molecule has 0 radical (unpaired) electrons. The Hall–Kier alpha value is -7.42. The first-order valence-electron chi connectivity index (χ1n) is 19.1. The summed E-state index contributed by atoms with van der Waals surface area (Å²) in [6, 6.07) is 80.3. The topological polar surface area (TPSA) is 16.4 Å². The van der Waals surface area contributed by atoms with Crippen LogP contribution in [0.4, 0.5) is 17.1 Å². The van der Waals surface area contributed by atoms with E-state index in [1.165, 1.54) is 11.1 Å². The first-order valence-corrected chi connectivity index (χ1v) is 19.1. The van der Waals surface area contributed by atoms with E-state index in [1.54, 1.807) is 0 Å². The predicted molar refractivity (Wildman–Crippen MR) is 236 cm³/mol. The number of hydrogen-bond acceptors (Lipinski definition) is 2. The van der Waals surface area contributed by atoms with Crippen molar-refractivity contribution in [3.63, 3.8) is 0 Å². The zero-order chi connectivity index (χ0) is 37.3. The monoisotopic (exact) mass is 715 g/mol. The van der Waals surface area contributed by atoms with Gasteiger partial charge in [0, 0.05) is 33.2 Å². The van der Waals surface area contributed by atoms with Crippen LogP contribution in [0.5, 0.6) is 0 Å². The minimum absolute atomic E-state index is 0.878. The quantitative estimate of drug-likeness (QED) is 0.156. The zero-order valence-corrected chi connectivity index (χ0v) is 30.7. The minimum atomic E-state index is 0.878. The molecule has 0 spiro atoms. The molecule has 1 heterocycles. The average Bonchev–Trinajstić information content (AvgIpc) is 3.66. The molecule has 10 aromatic rings. The maximum atomic E-state index is 6.34. The standard InChI is InChI=1S/C54H37NO/c1-5-17-38(18-6-1)39-31-34-44(35-32-39)55(54-46(41-21-9-3-10-22-41)27-15-28-47(54)42-23-11-4-12-24-42)50-29-16-26-45(40-19-7-2-8-20-40)53(50)43-33-36-52-49(37-43)48-25-13-14-30-51(48)56-52/h1-37H. The Bertz CT molecular complexity index is 2870. The molecule has 0 amide bonds. The molecule has 0 saturated heterocycles. The van der Waals surface area contributed by atoms with E-state index in [0.29, 0.717) is 0 Å². The molecule has 0 aliphatic heterocycles. The molecular weight excluding hydrogens is 679 g/mol. The molecule has 0 N–H and O–H groups in total. The molecule has 0 aliphatic carbocycles. The molecular formula is C54H37NO. The van der Waals surface area contributed by atoms with Gasteiger partial charge in [0.05, 0.1) is 11.4 Å². The molecule has 0 atom stereocenters. The number of hydrogen-bond donors (Lipinski definition) is 0. The van der Waals surface area contributed by atoms with E-state index in [-0.39, 0.29) is 0 Å². The Morgan fingerprint density at radius 2 is 0.768 bits per heavy atom. The van der Waals surface area contributed by atoms with Gasteiger partial charge in [-0.25, -0.2) is 0 Å². The second kappa shape index (κ2) is 14.4. The summed E-state index contributed by atoms with van der Waals surface area (Å²) in [5.74, 6) is 0. The van der Waals surface area contributed by atoms with Crippen LogP contribution in [-0.4, -0.2) is 0 Å². The van der Waals surface area contributed by atoms with Crippen molar-refractivity contribution < 1.29 is 4.42 Å². The van der Waals surface area contributed by atoms with Crippen molar-refractivity contribution in [1.29, 1.82) is 0 Å². The second-order valence-electron chi connectivity index (χ2n) is 14.1. The van der Waals surface area contributed by atoms with Crippen molar-refractivity contribution in [2.24, 2.45) is 0 Å². The smallest absolute Gasteiger partial charge is 0.135 e. The lowest BCUT2D eigenvalue weighted by Crippen LogP contribution is -2.14. The minimum Gasteiger partial charge on any atom is -0.456 e. The molecule has 2 heteroatoms. The third-order valence-corrected chi connectivity index (χ3v) is 10.7. The fourth-order valence-corrected chi connectivity index (χ4v) is 8.08. The molecule has 9 aromatic carbocycles. The summed E-state index contributed by atoms with van der Waals surface area (Å²) in [7, 11) is 0. The Kier molecular flexibility index (Phi) is 8.55. The summed E-state index contributed by atoms with van der Waals surface area (Å²) in [4.78, 5) is 2.49. The van der Waals surface area contributed by atoms with E-state index in [1.807, 2.05) is 12.1 Å². The van der Waals surface area contributed by atoms with Crippen LogP contribution >= 0.6 is 0 Å². The number of rotatable bonds is 8. The van der Waals surface area contributed by atoms with Gasteiger partial charge in [0.15, 0.2) is 0 Å². The van der Waals surface area contributed by atoms with E-state index >= 15 is 0 Å². The number of anilines is 3. The van der Waals surface area contributed by atoms with Crippen molar-refractivity contribution in [3.05, 3.63) is 224 Å². The molecule has 0 saturated carbocycles. The van der Waals surface area contributed by atoms with Crippen molar-refractivity contribution in [3.8, 4) is 55.6 Å². The number of fused-ring (bicyclic) bond motifs is 3. The molecule has 56 heavy (non-hydrogen) atoms. The number of furan rings is 1. The van der Waals surface area contributed by atoms with E-state index in [9.17, 15) is 0 Å². The van der Waals surface area contributed by atoms with E-state index in [0.717, 1.165) is 83.5 Å². The lowest BCUT2D eigenvalue weighted by Gasteiger charge is -2.33. The molecule has 2 nitrogen and oxygen atoms in total. The van der Waals surface area contributed by atoms with Gasteiger partial charge in [-0.15, -0.1) is 0 Å². The van der Waals surface area contributed by atoms with Crippen LogP contribution in [0.3, 0.4) is 0 Å². The maximum absolute atomic E-state index is 6.34. The summed E-state index contributed by atoms with van der Waals surface area (Å²) in [5, 5.41) is 2.21. The lowest BCUT2D eigenvalue weighted by atomic mass is 9.89. The summed E-state index contributed by atoms with van der Waals surface area (Å²) < 4.78 is 6.34. The Balaban J connectivity index is 1.31. The molecule has 10 rings (SSSR count). The van der Waals surface area contributed by atoms with Gasteiger partial charge < -0.3 is 9.32 Å². The highest BCUT2D eigenvalue weighted by Gasteiger charge is 2.26. The number of para-hydroxylation sites is 2. The first-order chi connectivity index (χ1) is 27.8. The van der Waals surface area contributed by atoms with Gasteiger partial charge in [-0.1, -0.05) is 188 Å². The van der Waals surface area contributed by atoms with Crippen LogP contribution < -0.4 is 4.90 Å².